The molecule has 13 heavy (non-hydrogen) atoms. The minimum Gasteiger partial charge on any atom is -0.396 e. The maximum absolute atomic E-state index is 9.45. The predicted molar refractivity (Wildman–Crippen MR) is 48.5 cm³/mol. The van der Waals surface area contributed by atoms with Crippen molar-refractivity contribution < 1.29 is 14.6 Å². The number of hydrogen-bond donors (Lipinski definition) is 1. The van der Waals surface area contributed by atoms with E-state index >= 15 is 0 Å². The monoisotopic (exact) mass is 186 g/mol. The fourth-order valence-corrected chi connectivity index (χ4v) is 2.51. The van der Waals surface area contributed by atoms with Gasteiger partial charge >= 0.3 is 0 Å². The van der Waals surface area contributed by atoms with Crippen LogP contribution in [0.15, 0.2) is 0 Å². The van der Waals surface area contributed by atoms with Crippen LogP contribution >= 0.6 is 0 Å². The highest BCUT2D eigenvalue weighted by Crippen LogP contribution is 2.41. The lowest BCUT2D eigenvalue weighted by molar-refractivity contribution is -0.0220. The van der Waals surface area contributed by atoms with Crippen molar-refractivity contribution in [2.75, 3.05) is 33.0 Å². The molecule has 3 heteroatoms. The van der Waals surface area contributed by atoms with Gasteiger partial charge in [0.15, 0.2) is 0 Å². The molecule has 2 saturated heterocycles. The van der Waals surface area contributed by atoms with E-state index in [2.05, 4.69) is 0 Å². The SMILES string of the molecule is OCC1(C2CCOCC2)CCOC1. The predicted octanol–water partition coefficient (Wildman–Crippen LogP) is 0.812. The van der Waals surface area contributed by atoms with Crippen LogP contribution in [0.25, 0.3) is 0 Å². The van der Waals surface area contributed by atoms with Gasteiger partial charge in [0.05, 0.1) is 13.2 Å². The lowest BCUT2D eigenvalue weighted by atomic mass is 9.72. The zero-order chi connectivity index (χ0) is 9.15. The molecule has 0 aromatic carbocycles. The molecule has 0 aliphatic carbocycles. The molecule has 0 bridgehead atoms. The van der Waals surface area contributed by atoms with Gasteiger partial charge in [-0.25, -0.2) is 0 Å². The van der Waals surface area contributed by atoms with Crippen molar-refractivity contribution in [1.82, 2.24) is 0 Å². The molecule has 3 nitrogen and oxygen atoms in total. The molecule has 2 fully saturated rings. The van der Waals surface area contributed by atoms with E-state index in [-0.39, 0.29) is 12.0 Å². The Balaban J connectivity index is 2.01. The average Bonchev–Trinajstić information content (AvgIpc) is 2.69. The third-order valence-electron chi connectivity index (χ3n) is 3.54. The maximum Gasteiger partial charge on any atom is 0.0547 e. The van der Waals surface area contributed by atoms with Crippen LogP contribution in [-0.2, 0) is 9.47 Å². The summed E-state index contributed by atoms with van der Waals surface area (Å²) in [5.41, 5.74) is 0.0593. The van der Waals surface area contributed by atoms with E-state index in [1.807, 2.05) is 0 Å². The summed E-state index contributed by atoms with van der Waals surface area (Å²) in [5.74, 6) is 0.605. The standard InChI is InChI=1S/C10H18O3/c11-7-10(3-6-13-8-10)9-1-4-12-5-2-9/h9,11H,1-8H2. The Morgan fingerprint density at radius 3 is 2.46 bits per heavy atom. The quantitative estimate of drug-likeness (QED) is 0.693. The second-order valence-electron chi connectivity index (χ2n) is 4.21. The summed E-state index contributed by atoms with van der Waals surface area (Å²) >= 11 is 0. The Bertz CT molecular complexity index is 158. The molecular formula is C10H18O3. The molecule has 2 heterocycles. The average molecular weight is 186 g/mol. The van der Waals surface area contributed by atoms with Crippen LogP contribution in [0.1, 0.15) is 19.3 Å². The van der Waals surface area contributed by atoms with Crippen LogP contribution in [0.2, 0.25) is 0 Å². The molecule has 2 rings (SSSR count). The Kier molecular flexibility index (Phi) is 2.86. The first-order valence-electron chi connectivity index (χ1n) is 5.14. The minimum absolute atomic E-state index is 0.0593. The lowest BCUT2D eigenvalue weighted by Gasteiger charge is -2.37. The van der Waals surface area contributed by atoms with Gasteiger partial charge in [0.2, 0.25) is 0 Å². The van der Waals surface area contributed by atoms with Gasteiger partial charge in [0, 0.05) is 25.2 Å². The molecular weight excluding hydrogens is 168 g/mol. The summed E-state index contributed by atoms with van der Waals surface area (Å²) < 4.78 is 10.7. The second-order valence-corrected chi connectivity index (χ2v) is 4.21. The van der Waals surface area contributed by atoms with Gasteiger partial charge in [-0.05, 0) is 25.2 Å². The molecule has 0 aromatic heterocycles. The molecule has 1 N–H and O–H groups in total. The first-order valence-corrected chi connectivity index (χ1v) is 5.14. The Hall–Kier alpha value is -0.120. The molecule has 2 aliphatic rings. The number of ether oxygens (including phenoxy) is 2. The first kappa shape index (κ1) is 9.44. The maximum atomic E-state index is 9.45. The lowest BCUT2D eigenvalue weighted by Crippen LogP contribution is -2.38. The summed E-state index contributed by atoms with van der Waals surface area (Å²) in [6.45, 7) is 3.54. The largest absolute Gasteiger partial charge is 0.396 e. The van der Waals surface area contributed by atoms with Crippen molar-refractivity contribution in [3.8, 4) is 0 Å². The van der Waals surface area contributed by atoms with Crippen LogP contribution in [0, 0.1) is 11.3 Å². The molecule has 1 atom stereocenters. The van der Waals surface area contributed by atoms with E-state index < -0.39 is 0 Å². The van der Waals surface area contributed by atoms with E-state index in [4.69, 9.17) is 9.47 Å². The highest BCUT2D eigenvalue weighted by molar-refractivity contribution is 4.90. The molecule has 0 amide bonds. The van der Waals surface area contributed by atoms with Crippen molar-refractivity contribution in [1.29, 1.82) is 0 Å². The van der Waals surface area contributed by atoms with Gasteiger partial charge in [-0.3, -0.25) is 0 Å². The van der Waals surface area contributed by atoms with Gasteiger partial charge in [-0.1, -0.05) is 0 Å². The Morgan fingerprint density at radius 2 is 1.92 bits per heavy atom. The molecule has 0 saturated carbocycles. The minimum atomic E-state index is 0.0593. The van der Waals surface area contributed by atoms with Gasteiger partial charge in [-0.15, -0.1) is 0 Å². The highest BCUT2D eigenvalue weighted by atomic mass is 16.5. The van der Waals surface area contributed by atoms with Crippen molar-refractivity contribution in [3.05, 3.63) is 0 Å². The van der Waals surface area contributed by atoms with Crippen molar-refractivity contribution in [3.63, 3.8) is 0 Å². The number of hydrogen-bond acceptors (Lipinski definition) is 3. The van der Waals surface area contributed by atoms with Crippen molar-refractivity contribution in [2.45, 2.75) is 19.3 Å². The Labute approximate surface area is 79.0 Å². The molecule has 0 spiro atoms. The van der Waals surface area contributed by atoms with E-state index in [1.165, 1.54) is 0 Å². The fraction of sp³-hybridized carbons (Fsp3) is 1.00. The van der Waals surface area contributed by atoms with E-state index in [0.29, 0.717) is 5.92 Å². The van der Waals surface area contributed by atoms with Crippen molar-refractivity contribution in [2.24, 2.45) is 11.3 Å². The van der Waals surface area contributed by atoms with Crippen LogP contribution in [0.4, 0.5) is 0 Å². The summed E-state index contributed by atoms with van der Waals surface area (Å²) in [4.78, 5) is 0. The Morgan fingerprint density at radius 1 is 1.15 bits per heavy atom. The molecule has 0 radical (unpaired) electrons. The topological polar surface area (TPSA) is 38.7 Å². The first-order chi connectivity index (χ1) is 6.37. The summed E-state index contributed by atoms with van der Waals surface area (Å²) in [5, 5.41) is 9.45. The number of rotatable bonds is 2. The number of aliphatic hydroxyl groups excluding tert-OH is 1. The zero-order valence-electron chi connectivity index (χ0n) is 8.00. The van der Waals surface area contributed by atoms with Gasteiger partial charge in [0.1, 0.15) is 0 Å². The fourth-order valence-electron chi connectivity index (χ4n) is 2.51. The van der Waals surface area contributed by atoms with Crippen LogP contribution in [-0.4, -0.2) is 38.1 Å². The molecule has 76 valence electrons. The third-order valence-corrected chi connectivity index (χ3v) is 3.54. The summed E-state index contributed by atoms with van der Waals surface area (Å²) in [6.07, 6.45) is 3.20. The van der Waals surface area contributed by atoms with E-state index in [0.717, 1.165) is 45.7 Å². The van der Waals surface area contributed by atoms with Gasteiger partial charge in [-0.2, -0.15) is 0 Å². The molecule has 1 unspecified atom stereocenters. The van der Waals surface area contributed by atoms with E-state index in [1.54, 1.807) is 0 Å². The van der Waals surface area contributed by atoms with E-state index in [9.17, 15) is 5.11 Å². The van der Waals surface area contributed by atoms with Gasteiger partial charge < -0.3 is 14.6 Å². The normalized spacial score (nSPS) is 36.7. The molecule has 2 aliphatic heterocycles. The molecule has 0 aromatic rings. The number of aliphatic hydroxyl groups is 1. The second kappa shape index (κ2) is 3.95. The zero-order valence-corrected chi connectivity index (χ0v) is 8.00. The van der Waals surface area contributed by atoms with Crippen LogP contribution < -0.4 is 0 Å². The third kappa shape index (κ3) is 1.73. The highest BCUT2D eigenvalue weighted by Gasteiger charge is 2.42. The van der Waals surface area contributed by atoms with Gasteiger partial charge in [0.25, 0.3) is 0 Å². The van der Waals surface area contributed by atoms with Crippen LogP contribution in [0.5, 0.6) is 0 Å². The summed E-state index contributed by atoms with van der Waals surface area (Å²) in [6, 6.07) is 0. The summed E-state index contributed by atoms with van der Waals surface area (Å²) in [7, 11) is 0. The smallest absolute Gasteiger partial charge is 0.0547 e. The van der Waals surface area contributed by atoms with Crippen molar-refractivity contribution >= 4 is 0 Å². The van der Waals surface area contributed by atoms with Crippen LogP contribution in [0.3, 0.4) is 0 Å².